The van der Waals surface area contributed by atoms with Crippen LogP contribution in [0.4, 0.5) is 0 Å². The minimum atomic E-state index is 0.383. The number of benzene rings is 1. The molecule has 2 heteroatoms. The van der Waals surface area contributed by atoms with Crippen molar-refractivity contribution >= 4 is 17.8 Å². The first-order valence-corrected chi connectivity index (χ1v) is 7.72. The molecule has 110 valence electrons. The average Bonchev–Trinajstić information content (AvgIpc) is 2.35. The Labute approximate surface area is 125 Å². The number of hydrogen-bond donors (Lipinski definition) is 1. The summed E-state index contributed by atoms with van der Waals surface area (Å²) in [5.74, 6) is 0.383. The Hall–Kier alpha value is -1.05. The number of hydrogen-bond acceptors (Lipinski definition) is 1. The molecule has 0 aromatic heterocycles. The van der Waals surface area contributed by atoms with Crippen LogP contribution in [0, 0.1) is 19.3 Å². The Bertz CT molecular complexity index is 480. The average molecular weight is 272 g/mol. The third-order valence-corrected chi connectivity index (χ3v) is 4.25. The van der Waals surface area contributed by atoms with Gasteiger partial charge >= 0.3 is 86.1 Å². The Kier molecular flexibility index (Phi) is 6.04. The second kappa shape index (κ2) is 7.10. The Morgan fingerprint density at radius 1 is 1.20 bits per heavy atom. The van der Waals surface area contributed by atoms with Crippen molar-refractivity contribution in [2.45, 2.75) is 67.2 Å². The zero-order valence-corrected chi connectivity index (χ0v) is 14.0. The summed E-state index contributed by atoms with van der Waals surface area (Å²) < 4.78 is 0. The van der Waals surface area contributed by atoms with E-state index in [-0.39, 0.29) is 0 Å². The van der Waals surface area contributed by atoms with E-state index in [0.717, 1.165) is 23.0 Å². The van der Waals surface area contributed by atoms with Gasteiger partial charge in [0.2, 0.25) is 0 Å². The number of rotatable bonds is 2. The molecule has 0 unspecified atom stereocenters. The van der Waals surface area contributed by atoms with Gasteiger partial charge in [0.25, 0.3) is 0 Å². The van der Waals surface area contributed by atoms with Crippen molar-refractivity contribution in [1.82, 2.24) is 0 Å². The maximum atomic E-state index is 9.50. The van der Waals surface area contributed by atoms with Gasteiger partial charge in [-0.3, -0.25) is 0 Å². The van der Waals surface area contributed by atoms with Gasteiger partial charge in [-0.05, 0) is 18.3 Å². The molecule has 1 N–H and O–H groups in total. The van der Waals surface area contributed by atoms with Gasteiger partial charge in [-0.25, -0.2) is 0 Å². The van der Waals surface area contributed by atoms with Crippen molar-refractivity contribution in [2.75, 3.05) is 0 Å². The summed E-state index contributed by atoms with van der Waals surface area (Å²) >= 11 is 0. The molecule has 1 aromatic carbocycles. The summed E-state index contributed by atoms with van der Waals surface area (Å²) in [7, 11) is 0. The van der Waals surface area contributed by atoms with Crippen LogP contribution in [0.5, 0.6) is 5.75 Å². The quantitative estimate of drug-likeness (QED) is 0.802. The molecule has 0 atom stereocenters. The molecule has 20 heavy (non-hydrogen) atoms. The first-order chi connectivity index (χ1) is 9.25. The molecule has 0 heterocycles. The van der Waals surface area contributed by atoms with Crippen LogP contribution in [0.2, 0.25) is 0 Å². The van der Waals surface area contributed by atoms with E-state index in [1.165, 1.54) is 30.2 Å². The van der Waals surface area contributed by atoms with Gasteiger partial charge in [-0.15, -0.1) is 0 Å². The molecule has 1 nitrogen and oxygen atoms in total. The van der Waals surface area contributed by atoms with Gasteiger partial charge in [-0.1, -0.05) is 20.3 Å². The first kappa shape index (κ1) is 17.0. The molecular formula is C18H29BO. The molecule has 0 saturated heterocycles. The summed E-state index contributed by atoms with van der Waals surface area (Å²) in [5, 5.41) is 9.50. The summed E-state index contributed by atoms with van der Waals surface area (Å²) in [5.41, 5.74) is 5.35. The Morgan fingerprint density at radius 2 is 1.75 bits per heavy atom. The van der Waals surface area contributed by atoms with Crippen LogP contribution < -0.4 is 5.46 Å². The van der Waals surface area contributed by atoms with Gasteiger partial charge in [0.1, 0.15) is 0 Å². The molecule has 0 bridgehead atoms. The van der Waals surface area contributed by atoms with Gasteiger partial charge in [-0.2, -0.15) is 0 Å². The van der Waals surface area contributed by atoms with Gasteiger partial charge in [0.15, 0.2) is 0 Å². The van der Waals surface area contributed by atoms with Crippen molar-refractivity contribution in [3.8, 4) is 5.75 Å². The third kappa shape index (κ3) is 5.15. The summed E-state index contributed by atoms with van der Waals surface area (Å²) in [6.45, 7) is 15.1. The van der Waals surface area contributed by atoms with Crippen LogP contribution in [-0.4, -0.2) is 17.5 Å². The normalized spacial score (nSPS) is 16.6. The molecule has 0 aliphatic heterocycles. The van der Waals surface area contributed by atoms with E-state index in [0.29, 0.717) is 5.75 Å². The fourth-order valence-electron chi connectivity index (χ4n) is 2.23. The van der Waals surface area contributed by atoms with E-state index in [9.17, 15) is 5.11 Å². The Balaban J connectivity index is 0.000000276. The molecule has 0 spiro atoms. The molecule has 0 radical (unpaired) electrons. The number of phenols is 1. The van der Waals surface area contributed by atoms with E-state index in [1.807, 2.05) is 26.0 Å². The van der Waals surface area contributed by atoms with Crippen LogP contribution in [-0.2, 0) is 0 Å². The van der Waals surface area contributed by atoms with Crippen LogP contribution in [0.25, 0.3) is 0 Å². The first-order valence-electron chi connectivity index (χ1n) is 7.72. The van der Waals surface area contributed by atoms with Crippen molar-refractivity contribution < 1.29 is 5.11 Å². The van der Waals surface area contributed by atoms with E-state index in [4.69, 9.17) is 0 Å². The standard InChI is InChI=1S/C12H17BO.C6H12/c1-5-10(4)13-11-6-9(3)12(14)7-8(11)2;1-6(2)4-3-5-6/h6-7,14H,5H2,1-4H3;3-5H2,1-2H3. The fourth-order valence-corrected chi connectivity index (χ4v) is 2.23. The van der Waals surface area contributed by atoms with Crippen molar-refractivity contribution in [1.29, 1.82) is 0 Å². The SMILES string of the molecule is CC1(C)CCC1.CCC(C)=Bc1cc(C)c(O)cc1C. The molecule has 1 aliphatic carbocycles. The van der Waals surface area contributed by atoms with Crippen LogP contribution in [0.15, 0.2) is 12.1 Å². The van der Waals surface area contributed by atoms with E-state index >= 15 is 0 Å². The Morgan fingerprint density at radius 3 is 2.15 bits per heavy atom. The van der Waals surface area contributed by atoms with Crippen LogP contribution >= 0.6 is 0 Å². The molecule has 1 fully saturated rings. The van der Waals surface area contributed by atoms with Gasteiger partial charge in [0.05, 0.1) is 0 Å². The van der Waals surface area contributed by atoms with Crippen LogP contribution in [0.1, 0.15) is 64.5 Å². The van der Waals surface area contributed by atoms with Crippen molar-refractivity contribution in [2.24, 2.45) is 5.41 Å². The third-order valence-electron chi connectivity index (χ3n) is 4.25. The van der Waals surface area contributed by atoms with Crippen molar-refractivity contribution in [3.63, 3.8) is 0 Å². The summed E-state index contributed by atoms with van der Waals surface area (Å²) in [6.07, 6.45) is 5.44. The summed E-state index contributed by atoms with van der Waals surface area (Å²) in [4.78, 5) is 0. The number of aromatic hydroxyl groups is 1. The zero-order chi connectivity index (χ0) is 15.3. The second-order valence-electron chi connectivity index (χ2n) is 6.86. The van der Waals surface area contributed by atoms with Gasteiger partial charge < -0.3 is 0 Å². The second-order valence-corrected chi connectivity index (χ2v) is 6.86. The monoisotopic (exact) mass is 272 g/mol. The number of aryl methyl sites for hydroxylation is 2. The van der Waals surface area contributed by atoms with E-state index in [2.05, 4.69) is 34.6 Å². The zero-order valence-electron chi connectivity index (χ0n) is 14.0. The fraction of sp³-hybridized carbons (Fsp3) is 0.611. The predicted octanol–water partition coefficient (Wildman–Crippen LogP) is 4.14. The van der Waals surface area contributed by atoms with Crippen LogP contribution in [0.3, 0.4) is 0 Å². The maximum absolute atomic E-state index is 9.50. The van der Waals surface area contributed by atoms with Crippen molar-refractivity contribution in [3.05, 3.63) is 23.3 Å². The molecule has 2 rings (SSSR count). The molecule has 1 aliphatic rings. The minimum absolute atomic E-state index is 0.383. The molecule has 0 amide bonds. The number of phenolic OH excluding ortho intramolecular Hbond substituents is 1. The van der Waals surface area contributed by atoms with E-state index < -0.39 is 0 Å². The van der Waals surface area contributed by atoms with Gasteiger partial charge in [0, 0.05) is 0 Å². The molecular weight excluding hydrogens is 243 g/mol. The molecule has 1 aromatic rings. The summed E-state index contributed by atoms with van der Waals surface area (Å²) in [6, 6.07) is 3.86. The topological polar surface area (TPSA) is 20.2 Å². The predicted molar refractivity (Wildman–Crippen MR) is 91.6 cm³/mol. The molecule has 1 saturated carbocycles. The van der Waals surface area contributed by atoms with E-state index in [1.54, 1.807) is 0 Å².